The third kappa shape index (κ3) is 3.64. The Morgan fingerprint density at radius 2 is 2.07 bits per heavy atom. The van der Waals surface area contributed by atoms with Gasteiger partial charge in [0.05, 0.1) is 17.6 Å². The summed E-state index contributed by atoms with van der Waals surface area (Å²) in [5.74, 6) is 0.591. The lowest BCUT2D eigenvalue weighted by molar-refractivity contribution is -0.0198. The number of rotatable bonds is 4. The minimum absolute atomic E-state index is 0.0858. The zero-order chi connectivity index (χ0) is 19.5. The summed E-state index contributed by atoms with van der Waals surface area (Å²) in [4.78, 5) is 18.9. The predicted octanol–water partition coefficient (Wildman–Crippen LogP) is 2.93. The molecule has 6 heteroatoms. The molecule has 1 saturated heterocycles. The Hall–Kier alpha value is -3.12. The lowest BCUT2D eigenvalue weighted by atomic mass is 10.0. The molecule has 2 aromatic carbocycles. The smallest absolute Gasteiger partial charge is 0.256 e. The number of aliphatic hydroxyl groups excluding tert-OH is 1. The topological polar surface area (TPSA) is 74.7 Å². The normalized spacial score (nSPS) is 19.4. The van der Waals surface area contributed by atoms with Crippen LogP contribution < -0.4 is 10.1 Å². The van der Waals surface area contributed by atoms with Gasteiger partial charge in [-0.25, -0.2) is 0 Å². The number of piperidine rings is 1. The largest absolute Gasteiger partial charge is 0.488 e. The first kappa shape index (κ1) is 18.3. The average molecular weight is 377 g/mol. The molecule has 0 unspecified atom stereocenters. The first-order valence-electron chi connectivity index (χ1n) is 9.41. The number of carbonyl (C=O) groups is 1. The maximum Gasteiger partial charge on any atom is 0.256 e. The number of likely N-dealkylation sites (tertiary alicyclic amines) is 1. The number of hydrogen-bond donors (Lipinski definition) is 2. The van der Waals surface area contributed by atoms with Crippen LogP contribution in [0.25, 0.3) is 10.9 Å². The van der Waals surface area contributed by atoms with E-state index >= 15 is 0 Å². The van der Waals surface area contributed by atoms with Gasteiger partial charge in [0.1, 0.15) is 18.0 Å². The summed E-state index contributed by atoms with van der Waals surface area (Å²) in [5, 5.41) is 14.7. The number of nitrogens with zero attached hydrogens (tertiary/aromatic N) is 2. The lowest BCUT2D eigenvalue weighted by Crippen LogP contribution is -2.51. The minimum Gasteiger partial charge on any atom is -0.488 e. The molecule has 2 atom stereocenters. The number of nitrogens with one attached hydrogen (secondary N) is 1. The van der Waals surface area contributed by atoms with Crippen molar-refractivity contribution in [1.29, 1.82) is 0 Å². The second-order valence-electron chi connectivity index (χ2n) is 6.92. The Morgan fingerprint density at radius 1 is 1.21 bits per heavy atom. The summed E-state index contributed by atoms with van der Waals surface area (Å²) in [6, 6.07) is 17.0. The molecular formula is C22H23N3O3. The maximum absolute atomic E-state index is 12.9. The first-order chi connectivity index (χ1) is 13.7. The zero-order valence-corrected chi connectivity index (χ0v) is 15.7. The number of carbonyl (C=O) groups excluding carboxylic acids is 1. The molecule has 0 saturated carbocycles. The van der Waals surface area contributed by atoms with Crippen molar-refractivity contribution in [2.24, 2.45) is 0 Å². The van der Waals surface area contributed by atoms with E-state index in [0.717, 1.165) is 16.6 Å². The van der Waals surface area contributed by atoms with Gasteiger partial charge in [-0.2, -0.15) is 0 Å². The highest BCUT2D eigenvalue weighted by molar-refractivity contribution is 5.99. The van der Waals surface area contributed by atoms with Crippen molar-refractivity contribution in [3.05, 3.63) is 66.4 Å². The van der Waals surface area contributed by atoms with E-state index in [1.54, 1.807) is 24.2 Å². The summed E-state index contributed by atoms with van der Waals surface area (Å²) >= 11 is 0. The second kappa shape index (κ2) is 7.86. The predicted molar refractivity (Wildman–Crippen MR) is 109 cm³/mol. The van der Waals surface area contributed by atoms with E-state index in [9.17, 15) is 9.90 Å². The molecule has 2 N–H and O–H groups in total. The van der Waals surface area contributed by atoms with Gasteiger partial charge in [-0.05, 0) is 30.3 Å². The molecule has 1 aromatic heterocycles. The number of ether oxygens (including phenoxy) is 1. The average Bonchev–Trinajstić information content (AvgIpc) is 2.74. The Morgan fingerprint density at radius 3 is 2.89 bits per heavy atom. The quantitative estimate of drug-likeness (QED) is 0.731. The molecule has 6 nitrogen and oxygen atoms in total. The fourth-order valence-electron chi connectivity index (χ4n) is 3.58. The van der Waals surface area contributed by atoms with E-state index in [0.29, 0.717) is 24.3 Å². The van der Waals surface area contributed by atoms with E-state index < -0.39 is 6.10 Å². The van der Waals surface area contributed by atoms with Crippen molar-refractivity contribution >= 4 is 22.5 Å². The monoisotopic (exact) mass is 377 g/mol. The molecule has 0 radical (unpaired) electrons. The van der Waals surface area contributed by atoms with Crippen molar-refractivity contribution < 1.29 is 14.6 Å². The maximum atomic E-state index is 12.9. The van der Waals surface area contributed by atoms with Gasteiger partial charge in [0.2, 0.25) is 0 Å². The Balaban J connectivity index is 1.44. The van der Waals surface area contributed by atoms with Crippen molar-refractivity contribution in [3.8, 4) is 5.75 Å². The third-order valence-electron chi connectivity index (χ3n) is 5.10. The van der Waals surface area contributed by atoms with Crippen LogP contribution in [-0.2, 0) is 0 Å². The number of para-hydroxylation sites is 1. The number of aliphatic hydroxyl groups is 1. The van der Waals surface area contributed by atoms with Gasteiger partial charge in [0.15, 0.2) is 0 Å². The van der Waals surface area contributed by atoms with Crippen LogP contribution in [0.4, 0.5) is 5.69 Å². The fourth-order valence-corrected chi connectivity index (χ4v) is 3.58. The van der Waals surface area contributed by atoms with Crippen molar-refractivity contribution in [2.45, 2.75) is 18.6 Å². The standard InChI is InChI=1S/C22H23N3O3/c1-23-18-7-3-2-6-17(18)22(27)25-12-10-21(20(26)14-25)28-16-9-8-15-5-4-11-24-19(15)13-16/h2-9,11,13,20-21,23,26H,10,12,14H2,1H3/t20-,21-/m1/s1. The Kier molecular flexibility index (Phi) is 5.12. The number of aromatic nitrogens is 1. The Bertz CT molecular complexity index is 991. The van der Waals surface area contributed by atoms with Gasteiger partial charge in [-0.1, -0.05) is 18.2 Å². The molecular weight excluding hydrogens is 354 g/mol. The van der Waals surface area contributed by atoms with Crippen molar-refractivity contribution in [2.75, 3.05) is 25.5 Å². The van der Waals surface area contributed by atoms with E-state index in [4.69, 9.17) is 4.74 Å². The molecule has 1 amide bonds. The molecule has 0 aliphatic carbocycles. The van der Waals surface area contributed by atoms with Crippen molar-refractivity contribution in [1.82, 2.24) is 9.88 Å². The highest BCUT2D eigenvalue weighted by Crippen LogP contribution is 2.25. The molecule has 3 aromatic rings. The van der Waals surface area contributed by atoms with Crippen LogP contribution in [-0.4, -0.2) is 53.2 Å². The number of pyridine rings is 1. The molecule has 28 heavy (non-hydrogen) atoms. The van der Waals surface area contributed by atoms with Crippen LogP contribution in [0, 0.1) is 0 Å². The van der Waals surface area contributed by atoms with Crippen LogP contribution in [0.1, 0.15) is 16.8 Å². The van der Waals surface area contributed by atoms with Crippen LogP contribution in [0.3, 0.4) is 0 Å². The highest BCUT2D eigenvalue weighted by Gasteiger charge is 2.32. The van der Waals surface area contributed by atoms with Crippen molar-refractivity contribution in [3.63, 3.8) is 0 Å². The first-order valence-corrected chi connectivity index (χ1v) is 9.41. The number of benzene rings is 2. The lowest BCUT2D eigenvalue weighted by Gasteiger charge is -2.36. The SMILES string of the molecule is CNc1ccccc1C(=O)N1CC[C@@H](Oc2ccc3cccnc3c2)[C@H](O)C1. The van der Waals surface area contributed by atoms with Crippen LogP contribution >= 0.6 is 0 Å². The van der Waals surface area contributed by atoms with Crippen LogP contribution in [0.2, 0.25) is 0 Å². The van der Waals surface area contributed by atoms with E-state index in [-0.39, 0.29) is 18.6 Å². The van der Waals surface area contributed by atoms with E-state index in [1.807, 2.05) is 48.5 Å². The fraction of sp³-hybridized carbons (Fsp3) is 0.273. The number of anilines is 1. The van der Waals surface area contributed by atoms with Crippen LogP contribution in [0.15, 0.2) is 60.8 Å². The summed E-state index contributed by atoms with van der Waals surface area (Å²) < 4.78 is 6.01. The van der Waals surface area contributed by atoms with Crippen LogP contribution in [0.5, 0.6) is 5.75 Å². The molecule has 2 heterocycles. The second-order valence-corrected chi connectivity index (χ2v) is 6.92. The summed E-state index contributed by atoms with van der Waals surface area (Å²) in [5.41, 5.74) is 2.24. The summed E-state index contributed by atoms with van der Waals surface area (Å²) in [6.07, 6.45) is 1.20. The molecule has 0 bridgehead atoms. The molecule has 0 spiro atoms. The number of fused-ring (bicyclic) bond motifs is 1. The van der Waals surface area contributed by atoms with E-state index in [2.05, 4.69) is 10.3 Å². The highest BCUT2D eigenvalue weighted by atomic mass is 16.5. The van der Waals surface area contributed by atoms with Gasteiger partial charge in [0, 0.05) is 43.4 Å². The molecule has 1 aliphatic rings. The molecule has 1 aliphatic heterocycles. The van der Waals surface area contributed by atoms with Gasteiger partial charge in [0.25, 0.3) is 5.91 Å². The number of β-amino-alcohol motifs (C(OH)–C–C–N with tert-alkyl or cyclic N) is 1. The van der Waals surface area contributed by atoms with Gasteiger partial charge in [-0.15, -0.1) is 0 Å². The summed E-state index contributed by atoms with van der Waals surface area (Å²) in [6.45, 7) is 0.776. The molecule has 4 rings (SSSR count). The van der Waals surface area contributed by atoms with Gasteiger partial charge >= 0.3 is 0 Å². The number of amides is 1. The van der Waals surface area contributed by atoms with Gasteiger partial charge in [-0.3, -0.25) is 9.78 Å². The summed E-state index contributed by atoms with van der Waals surface area (Å²) in [7, 11) is 1.79. The van der Waals surface area contributed by atoms with Gasteiger partial charge < -0.3 is 20.1 Å². The minimum atomic E-state index is -0.751. The molecule has 144 valence electrons. The third-order valence-corrected chi connectivity index (χ3v) is 5.10. The van der Waals surface area contributed by atoms with E-state index in [1.165, 1.54) is 0 Å². The zero-order valence-electron chi connectivity index (χ0n) is 15.7. The Labute approximate surface area is 163 Å². The molecule has 1 fully saturated rings. The number of hydrogen-bond acceptors (Lipinski definition) is 5.